The van der Waals surface area contributed by atoms with E-state index in [2.05, 4.69) is 95.9 Å². The minimum absolute atomic E-state index is 0.108. The summed E-state index contributed by atoms with van der Waals surface area (Å²) >= 11 is 0. The number of fused-ring (bicyclic) bond motifs is 1. The molecule has 3 nitrogen and oxygen atoms in total. The van der Waals surface area contributed by atoms with Gasteiger partial charge in [-0.2, -0.15) is 0 Å². The first-order chi connectivity index (χ1) is 17.3. The molecule has 0 N–H and O–H groups in total. The topological polar surface area (TPSA) is 21.7 Å². The predicted molar refractivity (Wildman–Crippen MR) is 140 cm³/mol. The molecule has 2 aliphatic heterocycles. The smallest absolute Gasteiger partial charge is 0.143 e. The Kier molecular flexibility index (Phi) is 6.49. The van der Waals surface area contributed by atoms with Crippen LogP contribution in [0.2, 0.25) is 0 Å². The van der Waals surface area contributed by atoms with Crippen molar-refractivity contribution in [2.45, 2.75) is 55.7 Å². The highest BCUT2D eigenvalue weighted by molar-refractivity contribution is 5.47. The molecule has 0 unspecified atom stereocenters. The van der Waals surface area contributed by atoms with Gasteiger partial charge < -0.3 is 9.47 Å². The molecular weight excluding hydrogens is 430 g/mol. The van der Waals surface area contributed by atoms with E-state index in [1.807, 2.05) is 0 Å². The summed E-state index contributed by atoms with van der Waals surface area (Å²) in [6.07, 6.45) is 7.57. The van der Waals surface area contributed by atoms with Crippen LogP contribution in [0.1, 0.15) is 55.2 Å². The lowest BCUT2D eigenvalue weighted by Crippen LogP contribution is -2.49. The van der Waals surface area contributed by atoms with Crippen molar-refractivity contribution < 1.29 is 9.47 Å². The fraction of sp³-hybridized carbons (Fsp3) is 0.438. The lowest BCUT2D eigenvalue weighted by molar-refractivity contribution is -0.0520. The normalized spacial score (nSPS) is 24.5. The SMILES string of the molecule is c1ccc(C(OC[C@@]23CCCN2[C@H](COCC2CC2)CC3)(c2ccccc2)c2ccccc2)cc1. The largest absolute Gasteiger partial charge is 0.380 e. The average molecular weight is 468 g/mol. The van der Waals surface area contributed by atoms with Crippen molar-refractivity contribution in [3.05, 3.63) is 108 Å². The van der Waals surface area contributed by atoms with E-state index in [1.165, 1.54) is 55.2 Å². The van der Waals surface area contributed by atoms with Gasteiger partial charge in [0.2, 0.25) is 0 Å². The third-order valence-electron chi connectivity index (χ3n) is 8.49. The molecule has 3 heteroatoms. The van der Waals surface area contributed by atoms with Crippen molar-refractivity contribution in [2.75, 3.05) is 26.4 Å². The molecule has 6 rings (SSSR count). The zero-order valence-corrected chi connectivity index (χ0v) is 20.6. The van der Waals surface area contributed by atoms with Crippen LogP contribution in [-0.4, -0.2) is 42.8 Å². The average Bonchev–Trinajstić information content (AvgIpc) is 3.56. The number of nitrogens with zero attached hydrogens (tertiary/aromatic N) is 1. The summed E-state index contributed by atoms with van der Waals surface area (Å²) in [6, 6.07) is 32.8. The van der Waals surface area contributed by atoms with Crippen LogP contribution in [0.3, 0.4) is 0 Å². The molecule has 0 radical (unpaired) electrons. The summed E-state index contributed by atoms with van der Waals surface area (Å²) in [7, 11) is 0. The highest BCUT2D eigenvalue weighted by atomic mass is 16.5. The van der Waals surface area contributed by atoms with E-state index in [1.54, 1.807) is 0 Å². The first-order valence-corrected chi connectivity index (χ1v) is 13.5. The summed E-state index contributed by atoms with van der Waals surface area (Å²) in [5.74, 6) is 0.825. The zero-order chi connectivity index (χ0) is 23.6. The van der Waals surface area contributed by atoms with Gasteiger partial charge in [0.25, 0.3) is 0 Å². The minimum atomic E-state index is -0.645. The maximum Gasteiger partial charge on any atom is 0.143 e. The molecule has 2 atom stereocenters. The maximum atomic E-state index is 7.30. The zero-order valence-electron chi connectivity index (χ0n) is 20.6. The van der Waals surface area contributed by atoms with Gasteiger partial charge in [-0.05, 0) is 67.7 Å². The Morgan fingerprint density at radius 1 is 0.714 bits per heavy atom. The summed E-state index contributed by atoms with van der Waals surface area (Å²) in [5.41, 5.74) is 3.01. The van der Waals surface area contributed by atoms with Crippen LogP contribution in [0.5, 0.6) is 0 Å². The lowest BCUT2D eigenvalue weighted by Gasteiger charge is -2.41. The van der Waals surface area contributed by atoms with E-state index >= 15 is 0 Å². The monoisotopic (exact) mass is 467 g/mol. The van der Waals surface area contributed by atoms with E-state index in [4.69, 9.17) is 9.47 Å². The first kappa shape index (κ1) is 23.0. The molecule has 0 bridgehead atoms. The summed E-state index contributed by atoms with van der Waals surface area (Å²) < 4.78 is 13.5. The van der Waals surface area contributed by atoms with Crippen molar-refractivity contribution in [1.29, 1.82) is 0 Å². The van der Waals surface area contributed by atoms with Crippen LogP contribution in [0.4, 0.5) is 0 Å². The standard InChI is InChI=1S/C32H37NO2/c1-4-11-27(12-5-1)32(28-13-6-2-7-14-28,29-15-8-3-9-16-29)35-25-31-20-10-22-33(31)30(19-21-31)24-34-23-26-17-18-26/h1-9,11-16,26,30H,10,17-25H2/t30-,31-/m0/s1. The highest BCUT2D eigenvalue weighted by Crippen LogP contribution is 2.47. The molecule has 0 spiro atoms. The second-order valence-electron chi connectivity index (χ2n) is 10.8. The van der Waals surface area contributed by atoms with E-state index in [0.717, 1.165) is 32.3 Å². The lowest BCUT2D eigenvalue weighted by atomic mass is 9.79. The Balaban J connectivity index is 1.32. The van der Waals surface area contributed by atoms with Crippen LogP contribution in [0, 0.1) is 5.92 Å². The van der Waals surface area contributed by atoms with E-state index in [-0.39, 0.29) is 5.54 Å². The highest BCUT2D eigenvalue weighted by Gasteiger charge is 2.51. The van der Waals surface area contributed by atoms with Crippen molar-refractivity contribution in [1.82, 2.24) is 4.90 Å². The van der Waals surface area contributed by atoms with Gasteiger partial charge in [0.15, 0.2) is 0 Å². The van der Waals surface area contributed by atoms with E-state index in [9.17, 15) is 0 Å². The van der Waals surface area contributed by atoms with Gasteiger partial charge in [-0.1, -0.05) is 91.0 Å². The van der Waals surface area contributed by atoms with Crippen molar-refractivity contribution in [3.63, 3.8) is 0 Å². The van der Waals surface area contributed by atoms with Crippen molar-refractivity contribution in [3.8, 4) is 0 Å². The Morgan fingerprint density at radius 2 is 1.29 bits per heavy atom. The van der Waals surface area contributed by atoms with Gasteiger partial charge in [-0.25, -0.2) is 0 Å². The van der Waals surface area contributed by atoms with Crippen molar-refractivity contribution >= 4 is 0 Å². The molecule has 3 aromatic carbocycles. The molecule has 3 aliphatic rings. The fourth-order valence-electron chi connectivity index (χ4n) is 6.46. The Labute approximate surface area is 210 Å². The molecule has 3 aromatic rings. The minimum Gasteiger partial charge on any atom is -0.380 e. The second-order valence-corrected chi connectivity index (χ2v) is 10.8. The molecule has 0 aromatic heterocycles. The third kappa shape index (κ3) is 4.46. The Morgan fingerprint density at radius 3 is 1.83 bits per heavy atom. The fourth-order valence-corrected chi connectivity index (χ4v) is 6.46. The Bertz CT molecular complexity index is 986. The molecule has 1 saturated carbocycles. The number of hydrogen-bond acceptors (Lipinski definition) is 3. The van der Waals surface area contributed by atoms with Gasteiger partial charge in [0.1, 0.15) is 5.60 Å². The molecule has 2 heterocycles. The summed E-state index contributed by atoms with van der Waals surface area (Å²) in [5, 5.41) is 0. The van der Waals surface area contributed by atoms with Gasteiger partial charge in [0, 0.05) is 18.2 Å². The van der Waals surface area contributed by atoms with Crippen LogP contribution in [-0.2, 0) is 15.1 Å². The first-order valence-electron chi connectivity index (χ1n) is 13.5. The molecule has 182 valence electrons. The Hall–Kier alpha value is -2.46. The van der Waals surface area contributed by atoms with Crippen LogP contribution in [0.25, 0.3) is 0 Å². The molecule has 35 heavy (non-hydrogen) atoms. The summed E-state index contributed by atoms with van der Waals surface area (Å²) in [4.78, 5) is 2.74. The van der Waals surface area contributed by atoms with E-state index in [0.29, 0.717) is 6.04 Å². The number of ether oxygens (including phenoxy) is 2. The molecular formula is C32H37NO2. The second kappa shape index (κ2) is 9.89. The van der Waals surface area contributed by atoms with Crippen LogP contribution < -0.4 is 0 Å². The van der Waals surface area contributed by atoms with E-state index < -0.39 is 5.60 Å². The molecule has 1 aliphatic carbocycles. The molecule has 0 amide bonds. The van der Waals surface area contributed by atoms with Gasteiger partial charge in [0.05, 0.1) is 13.2 Å². The predicted octanol–water partition coefficient (Wildman–Crippen LogP) is 6.42. The summed E-state index contributed by atoms with van der Waals surface area (Å²) in [6.45, 7) is 3.72. The number of rotatable bonds is 10. The van der Waals surface area contributed by atoms with Gasteiger partial charge in [-0.3, -0.25) is 4.90 Å². The van der Waals surface area contributed by atoms with Gasteiger partial charge >= 0.3 is 0 Å². The van der Waals surface area contributed by atoms with Gasteiger partial charge in [-0.15, -0.1) is 0 Å². The van der Waals surface area contributed by atoms with Crippen LogP contribution in [0.15, 0.2) is 91.0 Å². The molecule has 2 saturated heterocycles. The molecule has 3 fully saturated rings. The number of hydrogen-bond donors (Lipinski definition) is 0. The maximum absolute atomic E-state index is 7.30. The quantitative estimate of drug-likeness (QED) is 0.321. The van der Waals surface area contributed by atoms with Crippen molar-refractivity contribution in [2.24, 2.45) is 5.92 Å². The number of benzene rings is 3. The van der Waals surface area contributed by atoms with Crippen LogP contribution >= 0.6 is 0 Å². The third-order valence-corrected chi connectivity index (χ3v) is 8.49.